The molecule has 2 aromatic carbocycles. The Labute approximate surface area is 320 Å². The lowest BCUT2D eigenvalue weighted by atomic mass is 10.0. The number of carbonyl (C=O) groups is 3. The van der Waals surface area contributed by atoms with Gasteiger partial charge in [-0.25, -0.2) is 19.7 Å². The molecular weight excluding hydrogens is 699 g/mol. The van der Waals surface area contributed by atoms with Crippen LogP contribution in [0.3, 0.4) is 0 Å². The summed E-state index contributed by atoms with van der Waals surface area (Å²) in [5.41, 5.74) is 12.6. The predicted octanol–water partition coefficient (Wildman–Crippen LogP) is 5.75. The lowest BCUT2D eigenvalue weighted by molar-refractivity contribution is -0.137. The van der Waals surface area contributed by atoms with Crippen LogP contribution in [0.4, 0.5) is 4.79 Å². The largest absolute Gasteiger partial charge is 0.453 e. The van der Waals surface area contributed by atoms with Crippen LogP contribution in [-0.4, -0.2) is 98.1 Å². The second-order valence-electron chi connectivity index (χ2n) is 14.7. The molecule has 5 atom stereocenters. The summed E-state index contributed by atoms with van der Waals surface area (Å²) in [5, 5.41) is 3.63. The van der Waals surface area contributed by atoms with Crippen LogP contribution in [0.25, 0.3) is 44.7 Å². The highest BCUT2D eigenvalue weighted by Crippen LogP contribution is 2.35. The number of pyridine rings is 1. The van der Waals surface area contributed by atoms with Gasteiger partial charge < -0.3 is 40.3 Å². The number of carbonyl (C=O) groups excluding carboxylic acids is 3. The maximum absolute atomic E-state index is 13.6. The Bertz CT molecular complexity index is 2160. The van der Waals surface area contributed by atoms with Crippen molar-refractivity contribution >= 4 is 28.8 Å². The van der Waals surface area contributed by atoms with Crippen molar-refractivity contribution in [3.63, 3.8) is 0 Å². The van der Waals surface area contributed by atoms with Crippen molar-refractivity contribution in [2.24, 2.45) is 11.7 Å². The van der Waals surface area contributed by atoms with Crippen molar-refractivity contribution in [1.82, 2.24) is 40.0 Å². The summed E-state index contributed by atoms with van der Waals surface area (Å²) in [6.45, 7) is 6.91. The zero-order valence-electron chi connectivity index (χ0n) is 31.9. The first-order valence-corrected chi connectivity index (χ1v) is 18.9. The van der Waals surface area contributed by atoms with Crippen molar-refractivity contribution in [3.8, 4) is 33.8 Å². The van der Waals surface area contributed by atoms with Gasteiger partial charge >= 0.3 is 6.09 Å². The van der Waals surface area contributed by atoms with Gasteiger partial charge in [0.05, 0.1) is 66.3 Å². The maximum atomic E-state index is 13.6. The number of H-pyrrole nitrogens is 2. The quantitative estimate of drug-likeness (QED) is 0.131. The number of fused-ring (bicyclic) bond motifs is 1. The van der Waals surface area contributed by atoms with Gasteiger partial charge in [-0.1, -0.05) is 50.2 Å². The van der Waals surface area contributed by atoms with Gasteiger partial charge in [0, 0.05) is 36.7 Å². The van der Waals surface area contributed by atoms with Gasteiger partial charge in [-0.05, 0) is 62.3 Å². The summed E-state index contributed by atoms with van der Waals surface area (Å²) >= 11 is 0. The number of amides is 3. The van der Waals surface area contributed by atoms with Gasteiger partial charge in [0.2, 0.25) is 11.8 Å². The van der Waals surface area contributed by atoms with E-state index in [1.807, 2.05) is 67.4 Å². The molecule has 5 aromatic rings. The average Bonchev–Trinajstić information content (AvgIpc) is 4.05. The molecule has 55 heavy (non-hydrogen) atoms. The zero-order valence-corrected chi connectivity index (χ0v) is 31.9. The van der Waals surface area contributed by atoms with Crippen LogP contribution in [0.15, 0.2) is 67.0 Å². The van der Waals surface area contributed by atoms with Crippen molar-refractivity contribution in [2.75, 3.05) is 27.3 Å². The molecule has 3 amide bonds. The predicted molar refractivity (Wildman–Crippen MR) is 208 cm³/mol. The molecule has 0 spiro atoms. The molecular formula is C41H49N9O5. The number of aromatic nitrogens is 5. The molecule has 0 unspecified atom stereocenters. The molecule has 288 valence electrons. The normalized spacial score (nSPS) is 18.8. The molecule has 5 heterocycles. The molecule has 0 saturated carbocycles. The van der Waals surface area contributed by atoms with Crippen molar-refractivity contribution in [2.45, 2.75) is 76.7 Å². The molecule has 7 rings (SSSR count). The number of likely N-dealkylation sites (tertiary alicyclic amines) is 2. The van der Waals surface area contributed by atoms with Gasteiger partial charge in [-0.15, -0.1) is 0 Å². The Morgan fingerprint density at radius 3 is 1.98 bits per heavy atom. The van der Waals surface area contributed by atoms with E-state index in [1.54, 1.807) is 18.0 Å². The summed E-state index contributed by atoms with van der Waals surface area (Å²) in [6, 6.07) is 16.6. The Balaban J connectivity index is 1.03. The fourth-order valence-corrected chi connectivity index (χ4v) is 7.57. The first kappa shape index (κ1) is 37.7. The van der Waals surface area contributed by atoms with Crippen molar-refractivity contribution in [3.05, 3.63) is 78.6 Å². The number of imidazole rings is 2. The van der Waals surface area contributed by atoms with Gasteiger partial charge in [0.15, 0.2) is 0 Å². The van der Waals surface area contributed by atoms with Crippen LogP contribution in [0.5, 0.6) is 0 Å². The number of nitrogens with zero attached hydrogens (tertiary/aromatic N) is 5. The van der Waals surface area contributed by atoms with Crippen LogP contribution >= 0.6 is 0 Å². The lowest BCUT2D eigenvalue weighted by Gasteiger charge is -2.30. The number of hydrogen-bond acceptors (Lipinski definition) is 9. The Hall–Kier alpha value is -5.60. The molecule has 0 aliphatic carbocycles. The molecule has 14 heteroatoms. The van der Waals surface area contributed by atoms with Crippen LogP contribution in [0.1, 0.15) is 70.2 Å². The smallest absolute Gasteiger partial charge is 0.407 e. The second kappa shape index (κ2) is 16.0. The summed E-state index contributed by atoms with van der Waals surface area (Å²) in [5.74, 6) is 1.28. The van der Waals surface area contributed by atoms with Gasteiger partial charge in [0.25, 0.3) is 0 Å². The zero-order chi connectivity index (χ0) is 38.8. The Kier molecular flexibility index (Phi) is 11.0. The molecule has 14 nitrogen and oxygen atoms in total. The average molecular weight is 748 g/mol. The molecule has 3 aromatic heterocycles. The van der Waals surface area contributed by atoms with Crippen molar-refractivity contribution in [1.29, 1.82) is 0 Å². The third-order valence-corrected chi connectivity index (χ3v) is 11.0. The molecule has 0 bridgehead atoms. The van der Waals surface area contributed by atoms with E-state index >= 15 is 0 Å². The van der Waals surface area contributed by atoms with Crippen molar-refractivity contribution < 1.29 is 23.9 Å². The van der Waals surface area contributed by atoms with E-state index in [9.17, 15) is 14.4 Å². The summed E-state index contributed by atoms with van der Waals surface area (Å²) < 4.78 is 10.1. The van der Waals surface area contributed by atoms with Crippen LogP contribution < -0.4 is 11.1 Å². The molecule has 2 aliphatic heterocycles. The topological polar surface area (TPSA) is 184 Å². The summed E-state index contributed by atoms with van der Waals surface area (Å²) in [7, 11) is 2.76. The van der Waals surface area contributed by atoms with Gasteiger partial charge in [-0.2, -0.15) is 0 Å². The highest BCUT2D eigenvalue weighted by molar-refractivity contribution is 5.87. The van der Waals surface area contributed by atoms with E-state index < -0.39 is 24.3 Å². The maximum Gasteiger partial charge on any atom is 0.407 e. The number of nitrogens with one attached hydrogen (secondary N) is 3. The lowest BCUT2D eigenvalue weighted by Crippen LogP contribution is -2.54. The molecule has 2 aliphatic rings. The number of ether oxygens (including phenoxy) is 2. The third-order valence-electron chi connectivity index (χ3n) is 11.0. The fourth-order valence-electron chi connectivity index (χ4n) is 7.57. The highest BCUT2D eigenvalue weighted by Gasteiger charge is 2.39. The van der Waals surface area contributed by atoms with E-state index in [0.29, 0.717) is 18.9 Å². The molecule has 0 radical (unpaired) electrons. The number of rotatable bonds is 11. The van der Waals surface area contributed by atoms with Crippen LogP contribution in [0, 0.1) is 5.92 Å². The molecule has 2 saturated heterocycles. The van der Waals surface area contributed by atoms with Crippen LogP contribution in [-0.2, 0) is 19.1 Å². The number of nitrogens with two attached hydrogens (primary N) is 1. The highest BCUT2D eigenvalue weighted by atomic mass is 16.5. The summed E-state index contributed by atoms with van der Waals surface area (Å²) in [4.78, 5) is 63.5. The first-order chi connectivity index (χ1) is 26.6. The first-order valence-electron chi connectivity index (χ1n) is 18.9. The number of aromatic amines is 2. The SMILES string of the molecule is COC(=O)N[C@H](C(=O)N1CCC[C@H]1c1ncc(-c2ccc(-c3ccc4cc(-c5cnc([C@@H]6CCCN6C(=O)[C@@H](N)C(C)C)[nH]5)ccc4n3)cc2)[nH]1)[C@@H](C)OC. The fraction of sp³-hybridized carbons (Fsp3) is 0.415. The van der Waals surface area contributed by atoms with E-state index in [-0.39, 0.29) is 29.8 Å². The van der Waals surface area contributed by atoms with Gasteiger partial charge in [-0.3, -0.25) is 9.59 Å². The van der Waals surface area contributed by atoms with E-state index in [1.165, 1.54) is 14.2 Å². The minimum absolute atomic E-state index is 0.0196. The second-order valence-corrected chi connectivity index (χ2v) is 14.7. The Morgan fingerprint density at radius 2 is 1.38 bits per heavy atom. The minimum Gasteiger partial charge on any atom is -0.453 e. The van der Waals surface area contributed by atoms with E-state index in [0.717, 1.165) is 76.2 Å². The van der Waals surface area contributed by atoms with Crippen LogP contribution in [0.2, 0.25) is 0 Å². The molecule has 5 N–H and O–H groups in total. The van der Waals surface area contributed by atoms with E-state index in [4.69, 9.17) is 20.2 Å². The number of benzene rings is 2. The van der Waals surface area contributed by atoms with E-state index in [2.05, 4.69) is 37.4 Å². The minimum atomic E-state index is -0.891. The number of alkyl carbamates (subject to hydrolysis) is 1. The number of methoxy groups -OCH3 is 2. The van der Waals surface area contributed by atoms with Gasteiger partial charge in [0.1, 0.15) is 17.7 Å². The standard InChI is InChI=1S/C41H49N9O5/c1-23(2)35(42)39(51)49-18-6-8-33(49)37-44-22-32(47-37)28-15-17-30-27(20-28)14-16-29(45-30)25-10-12-26(13-11-25)31-21-43-38(46-31)34-9-7-19-50(34)40(52)36(24(3)54-4)48-41(53)55-5/h10-17,20-24,33-36H,6-9,18-19,42H2,1-5H3,(H,43,46)(H,44,47)(H,48,53)/t24-,33+,34+,35+,36+/m1/s1. The summed E-state index contributed by atoms with van der Waals surface area (Å²) in [6.07, 6.45) is 5.72. The monoisotopic (exact) mass is 747 g/mol. The number of hydrogen-bond donors (Lipinski definition) is 4. The third kappa shape index (κ3) is 7.69. The molecule has 2 fully saturated rings. The Morgan fingerprint density at radius 1 is 0.800 bits per heavy atom.